The van der Waals surface area contributed by atoms with Gasteiger partial charge in [-0.1, -0.05) is 12.1 Å². The van der Waals surface area contributed by atoms with E-state index in [1.54, 1.807) is 24.3 Å². The molecule has 3 nitrogen and oxygen atoms in total. The number of para-hydroxylation sites is 1. The molecule has 0 unspecified atom stereocenters. The van der Waals surface area contributed by atoms with E-state index in [0.29, 0.717) is 11.3 Å². The second kappa shape index (κ2) is 4.99. The number of nitriles is 2. The van der Waals surface area contributed by atoms with Gasteiger partial charge in [-0.25, -0.2) is 4.39 Å². The fourth-order valence-corrected chi connectivity index (χ4v) is 1.46. The second-order valence-electron chi connectivity index (χ2n) is 3.50. The van der Waals surface area contributed by atoms with Gasteiger partial charge in [0.2, 0.25) is 0 Å². The largest absolute Gasteiger partial charge is 0.456 e. The van der Waals surface area contributed by atoms with Gasteiger partial charge in [-0.3, -0.25) is 0 Å². The van der Waals surface area contributed by atoms with E-state index in [4.69, 9.17) is 15.3 Å². The summed E-state index contributed by atoms with van der Waals surface area (Å²) in [7, 11) is 0. The third-order valence-electron chi connectivity index (χ3n) is 2.24. The summed E-state index contributed by atoms with van der Waals surface area (Å²) < 4.78 is 18.6. The first-order chi connectivity index (χ1) is 8.72. The van der Waals surface area contributed by atoms with Crippen LogP contribution in [0.15, 0.2) is 42.5 Å². The van der Waals surface area contributed by atoms with Crippen molar-refractivity contribution in [2.75, 3.05) is 0 Å². The van der Waals surface area contributed by atoms with Crippen LogP contribution in [0.25, 0.3) is 0 Å². The molecule has 86 valence electrons. The molecule has 0 saturated heterocycles. The third kappa shape index (κ3) is 2.45. The Hall–Kier alpha value is -2.85. The average Bonchev–Trinajstić information content (AvgIpc) is 2.38. The highest BCUT2D eigenvalue weighted by atomic mass is 19.1. The number of benzene rings is 2. The highest BCUT2D eigenvalue weighted by Crippen LogP contribution is 2.26. The number of ether oxygens (including phenoxy) is 1. The molecule has 0 aromatic heterocycles. The Balaban J connectivity index is 2.38. The van der Waals surface area contributed by atoms with Crippen LogP contribution in [0.3, 0.4) is 0 Å². The third-order valence-corrected chi connectivity index (χ3v) is 2.24. The predicted molar refractivity (Wildman–Crippen MR) is 62.3 cm³/mol. The fourth-order valence-electron chi connectivity index (χ4n) is 1.46. The second-order valence-corrected chi connectivity index (χ2v) is 3.50. The summed E-state index contributed by atoms with van der Waals surface area (Å²) in [5.41, 5.74) is 0.514. The molecule has 0 heterocycles. The van der Waals surface area contributed by atoms with Crippen LogP contribution in [-0.2, 0) is 0 Å². The number of nitrogens with zero attached hydrogens (tertiary/aromatic N) is 2. The smallest absolute Gasteiger partial charge is 0.145 e. The first kappa shape index (κ1) is 11.6. The molecule has 2 aromatic carbocycles. The van der Waals surface area contributed by atoms with Crippen molar-refractivity contribution in [2.24, 2.45) is 0 Å². The Morgan fingerprint density at radius 1 is 1.00 bits per heavy atom. The molecule has 18 heavy (non-hydrogen) atoms. The molecule has 0 atom stereocenters. The van der Waals surface area contributed by atoms with E-state index in [-0.39, 0.29) is 11.3 Å². The summed E-state index contributed by atoms with van der Waals surface area (Å²) in [6.07, 6.45) is 0. The summed E-state index contributed by atoms with van der Waals surface area (Å²) in [4.78, 5) is 0. The zero-order chi connectivity index (χ0) is 13.0. The van der Waals surface area contributed by atoms with Gasteiger partial charge in [-0.2, -0.15) is 10.5 Å². The number of halogens is 1. The zero-order valence-electron chi connectivity index (χ0n) is 9.22. The Labute approximate surface area is 103 Å². The lowest BCUT2D eigenvalue weighted by atomic mass is 10.2. The molecule has 0 radical (unpaired) electrons. The van der Waals surface area contributed by atoms with E-state index in [2.05, 4.69) is 0 Å². The quantitative estimate of drug-likeness (QED) is 0.805. The minimum Gasteiger partial charge on any atom is -0.456 e. The zero-order valence-corrected chi connectivity index (χ0v) is 9.22. The summed E-state index contributed by atoms with van der Waals surface area (Å²) in [6, 6.07) is 14.1. The first-order valence-electron chi connectivity index (χ1n) is 5.10. The summed E-state index contributed by atoms with van der Waals surface area (Å²) in [5.74, 6) is -0.0396. The van der Waals surface area contributed by atoms with Gasteiger partial charge in [0.15, 0.2) is 0 Å². The lowest BCUT2D eigenvalue weighted by Gasteiger charge is -2.07. The van der Waals surface area contributed by atoms with E-state index in [9.17, 15) is 4.39 Å². The topological polar surface area (TPSA) is 56.8 Å². The normalized spacial score (nSPS) is 9.28. The van der Waals surface area contributed by atoms with Gasteiger partial charge in [0.25, 0.3) is 0 Å². The van der Waals surface area contributed by atoms with Crippen molar-refractivity contribution in [1.29, 1.82) is 10.5 Å². The van der Waals surface area contributed by atoms with Gasteiger partial charge in [0.1, 0.15) is 23.4 Å². The standard InChI is InChI=1S/C14H7FN2O/c15-12-5-10(8-16)6-13(7-12)18-14-4-2-1-3-11(14)9-17/h1-7H. The van der Waals surface area contributed by atoms with Crippen LogP contribution < -0.4 is 4.74 Å². The van der Waals surface area contributed by atoms with Crippen LogP contribution in [0.1, 0.15) is 11.1 Å². The molecule has 2 rings (SSSR count). The average molecular weight is 238 g/mol. The van der Waals surface area contributed by atoms with Gasteiger partial charge in [-0.15, -0.1) is 0 Å². The molecule has 0 spiro atoms. The van der Waals surface area contributed by atoms with Crippen molar-refractivity contribution < 1.29 is 9.13 Å². The summed E-state index contributed by atoms with van der Waals surface area (Å²) in [5, 5.41) is 17.6. The summed E-state index contributed by atoms with van der Waals surface area (Å²) >= 11 is 0. The molecule has 0 saturated carbocycles. The number of hydrogen-bond donors (Lipinski definition) is 0. The lowest BCUT2D eigenvalue weighted by Crippen LogP contribution is -1.90. The molecule has 2 aromatic rings. The summed E-state index contributed by atoms with van der Waals surface area (Å²) in [6.45, 7) is 0. The van der Waals surface area contributed by atoms with Crippen molar-refractivity contribution in [1.82, 2.24) is 0 Å². The monoisotopic (exact) mass is 238 g/mol. The van der Waals surface area contributed by atoms with Crippen molar-refractivity contribution in [3.8, 4) is 23.6 Å². The van der Waals surface area contributed by atoms with Crippen molar-refractivity contribution >= 4 is 0 Å². The van der Waals surface area contributed by atoms with Gasteiger partial charge >= 0.3 is 0 Å². The van der Waals surface area contributed by atoms with E-state index < -0.39 is 5.82 Å². The van der Waals surface area contributed by atoms with Crippen LogP contribution in [0.5, 0.6) is 11.5 Å². The van der Waals surface area contributed by atoms with Crippen molar-refractivity contribution in [3.63, 3.8) is 0 Å². The fraction of sp³-hybridized carbons (Fsp3) is 0. The molecule has 0 bridgehead atoms. The molecule has 0 N–H and O–H groups in total. The molecule has 0 amide bonds. The van der Waals surface area contributed by atoms with Crippen LogP contribution in [0.4, 0.5) is 4.39 Å². The molecule has 0 aliphatic carbocycles. The molecule has 0 aliphatic rings. The Kier molecular flexibility index (Phi) is 3.22. The molecule has 0 fully saturated rings. The maximum atomic E-state index is 13.2. The van der Waals surface area contributed by atoms with Gasteiger partial charge in [0.05, 0.1) is 17.2 Å². The Morgan fingerprint density at radius 3 is 2.50 bits per heavy atom. The maximum Gasteiger partial charge on any atom is 0.145 e. The molecule has 4 heteroatoms. The van der Waals surface area contributed by atoms with Crippen molar-refractivity contribution in [2.45, 2.75) is 0 Å². The predicted octanol–water partition coefficient (Wildman–Crippen LogP) is 3.36. The molecular formula is C14H7FN2O. The molecular weight excluding hydrogens is 231 g/mol. The Bertz CT molecular complexity index is 668. The maximum absolute atomic E-state index is 13.2. The highest BCUT2D eigenvalue weighted by molar-refractivity contribution is 5.46. The van der Waals surface area contributed by atoms with Gasteiger partial charge in [-0.05, 0) is 24.3 Å². The van der Waals surface area contributed by atoms with Crippen molar-refractivity contribution in [3.05, 3.63) is 59.4 Å². The van der Waals surface area contributed by atoms with Crippen LogP contribution in [0.2, 0.25) is 0 Å². The number of hydrogen-bond acceptors (Lipinski definition) is 3. The van der Waals surface area contributed by atoms with Crippen LogP contribution in [0, 0.1) is 28.5 Å². The highest BCUT2D eigenvalue weighted by Gasteiger charge is 2.06. The first-order valence-corrected chi connectivity index (χ1v) is 5.10. The van der Waals surface area contributed by atoms with E-state index in [1.165, 1.54) is 6.07 Å². The lowest BCUT2D eigenvalue weighted by molar-refractivity contribution is 0.475. The minimum atomic E-state index is -0.557. The van der Waals surface area contributed by atoms with Crippen LogP contribution in [-0.4, -0.2) is 0 Å². The Morgan fingerprint density at radius 2 is 1.78 bits per heavy atom. The van der Waals surface area contributed by atoms with Crippen LogP contribution >= 0.6 is 0 Å². The van der Waals surface area contributed by atoms with Gasteiger partial charge in [0, 0.05) is 6.07 Å². The SMILES string of the molecule is N#Cc1cc(F)cc(Oc2ccccc2C#N)c1. The molecule has 0 aliphatic heterocycles. The van der Waals surface area contributed by atoms with E-state index >= 15 is 0 Å². The van der Waals surface area contributed by atoms with E-state index in [0.717, 1.165) is 12.1 Å². The minimum absolute atomic E-state index is 0.166. The van der Waals surface area contributed by atoms with Gasteiger partial charge < -0.3 is 4.74 Å². The van der Waals surface area contributed by atoms with E-state index in [1.807, 2.05) is 12.1 Å². The number of rotatable bonds is 2.